The number of aliphatic hydroxyl groups excluding tert-OH is 1. The Morgan fingerprint density at radius 3 is 2.38 bits per heavy atom. The van der Waals surface area contributed by atoms with Crippen molar-refractivity contribution in [2.75, 3.05) is 25.0 Å². The number of benzene rings is 1. The van der Waals surface area contributed by atoms with Gasteiger partial charge in [0.15, 0.2) is 0 Å². The first kappa shape index (κ1) is 18.9. The van der Waals surface area contributed by atoms with Crippen LogP contribution in [0.4, 0.5) is 5.69 Å². The van der Waals surface area contributed by atoms with E-state index in [0.717, 1.165) is 55.7 Å². The molecule has 0 radical (unpaired) electrons. The van der Waals surface area contributed by atoms with Crippen molar-refractivity contribution < 1.29 is 9.90 Å². The predicted octanol–water partition coefficient (Wildman–Crippen LogP) is 3.42. The van der Waals surface area contributed by atoms with Gasteiger partial charge in [0.25, 0.3) is 0 Å². The summed E-state index contributed by atoms with van der Waals surface area (Å²) >= 11 is 0. The van der Waals surface area contributed by atoms with E-state index in [-0.39, 0.29) is 12.0 Å². The summed E-state index contributed by atoms with van der Waals surface area (Å²) in [6, 6.07) is 4.21. The van der Waals surface area contributed by atoms with Gasteiger partial charge >= 0.3 is 0 Å². The van der Waals surface area contributed by atoms with Gasteiger partial charge in [-0.2, -0.15) is 0 Å². The predicted molar refractivity (Wildman–Crippen MR) is 99.4 cm³/mol. The number of aryl methyl sites for hydroxylation is 3. The van der Waals surface area contributed by atoms with Gasteiger partial charge < -0.3 is 15.3 Å². The van der Waals surface area contributed by atoms with Crippen LogP contribution in [0.25, 0.3) is 0 Å². The average Bonchev–Trinajstić information content (AvgIpc) is 2.51. The summed E-state index contributed by atoms with van der Waals surface area (Å²) in [4.78, 5) is 14.6. The van der Waals surface area contributed by atoms with Crippen molar-refractivity contribution in [2.24, 2.45) is 5.92 Å². The molecule has 1 heterocycles. The van der Waals surface area contributed by atoms with Gasteiger partial charge in [0, 0.05) is 12.1 Å². The van der Waals surface area contributed by atoms with Gasteiger partial charge in [0.1, 0.15) is 0 Å². The summed E-state index contributed by atoms with van der Waals surface area (Å²) in [6.45, 7) is 11.1. The maximum Gasteiger partial charge on any atom is 0.224 e. The number of hydrogen-bond donors (Lipinski definition) is 2. The molecule has 1 aromatic rings. The number of amides is 1. The van der Waals surface area contributed by atoms with Crippen molar-refractivity contribution in [1.29, 1.82) is 0 Å². The number of hydrogen-bond acceptors (Lipinski definition) is 3. The Hall–Kier alpha value is -1.39. The van der Waals surface area contributed by atoms with Crippen LogP contribution in [0.5, 0.6) is 0 Å². The maximum atomic E-state index is 12.2. The summed E-state index contributed by atoms with van der Waals surface area (Å²) in [5.41, 5.74) is 4.44. The summed E-state index contributed by atoms with van der Waals surface area (Å²) in [5, 5.41) is 12.7. The Morgan fingerprint density at radius 1 is 1.25 bits per heavy atom. The van der Waals surface area contributed by atoms with Crippen LogP contribution in [0.15, 0.2) is 12.1 Å². The van der Waals surface area contributed by atoms with Gasteiger partial charge in [0.05, 0.1) is 6.10 Å². The lowest BCUT2D eigenvalue weighted by Gasteiger charge is -2.33. The lowest BCUT2D eigenvalue weighted by atomic mass is 9.92. The second-order valence-electron chi connectivity index (χ2n) is 7.35. The zero-order chi connectivity index (χ0) is 17.7. The van der Waals surface area contributed by atoms with Gasteiger partial charge in [-0.15, -0.1) is 0 Å². The number of carbonyl (C=O) groups excluding carboxylic acids is 1. The SMILES string of the molecule is Cc1cc(C)c(NC(=O)CCCN2CCC(C(C)O)CC2)c(C)c1. The number of piperidine rings is 1. The highest BCUT2D eigenvalue weighted by molar-refractivity contribution is 5.92. The van der Waals surface area contributed by atoms with Crippen molar-refractivity contribution in [3.63, 3.8) is 0 Å². The van der Waals surface area contributed by atoms with Gasteiger partial charge in [0.2, 0.25) is 5.91 Å². The molecule has 1 unspecified atom stereocenters. The first-order valence-corrected chi connectivity index (χ1v) is 9.15. The Kier molecular flexibility index (Phi) is 6.81. The highest BCUT2D eigenvalue weighted by Crippen LogP contribution is 2.23. The number of aliphatic hydroxyl groups is 1. The van der Waals surface area contributed by atoms with Crippen molar-refractivity contribution in [3.8, 4) is 0 Å². The zero-order valence-electron chi connectivity index (χ0n) is 15.6. The molecule has 2 rings (SSSR count). The molecule has 1 aromatic carbocycles. The van der Waals surface area contributed by atoms with E-state index in [2.05, 4.69) is 29.3 Å². The third-order valence-corrected chi connectivity index (χ3v) is 5.13. The molecular formula is C20H32N2O2. The second-order valence-corrected chi connectivity index (χ2v) is 7.35. The van der Waals surface area contributed by atoms with E-state index in [4.69, 9.17) is 0 Å². The molecule has 1 fully saturated rings. The van der Waals surface area contributed by atoms with Crippen LogP contribution in [0, 0.1) is 26.7 Å². The van der Waals surface area contributed by atoms with Crippen molar-refractivity contribution in [1.82, 2.24) is 4.90 Å². The third kappa shape index (κ3) is 5.32. The van der Waals surface area contributed by atoms with Gasteiger partial charge in [-0.3, -0.25) is 4.79 Å². The molecule has 1 amide bonds. The lowest BCUT2D eigenvalue weighted by Crippen LogP contribution is -2.37. The largest absolute Gasteiger partial charge is 0.393 e. The summed E-state index contributed by atoms with van der Waals surface area (Å²) in [5.74, 6) is 0.543. The molecule has 0 bridgehead atoms. The van der Waals surface area contributed by atoms with E-state index in [9.17, 15) is 9.90 Å². The molecule has 0 saturated carbocycles. The Bertz CT molecular complexity index is 538. The van der Waals surface area contributed by atoms with Crippen molar-refractivity contribution in [2.45, 2.75) is 59.5 Å². The van der Waals surface area contributed by atoms with Crippen LogP contribution in [0.3, 0.4) is 0 Å². The van der Waals surface area contributed by atoms with Crippen molar-refractivity contribution in [3.05, 3.63) is 28.8 Å². The molecule has 0 spiro atoms. The third-order valence-electron chi connectivity index (χ3n) is 5.13. The quantitative estimate of drug-likeness (QED) is 0.839. The maximum absolute atomic E-state index is 12.2. The molecule has 1 atom stereocenters. The van der Waals surface area contributed by atoms with E-state index in [1.54, 1.807) is 0 Å². The molecule has 24 heavy (non-hydrogen) atoms. The van der Waals surface area contributed by atoms with E-state index in [0.29, 0.717) is 12.3 Å². The Morgan fingerprint density at radius 2 is 1.83 bits per heavy atom. The number of nitrogens with one attached hydrogen (secondary N) is 1. The van der Waals surface area contributed by atoms with Crippen LogP contribution in [-0.2, 0) is 4.79 Å². The molecule has 1 aliphatic heterocycles. The van der Waals surface area contributed by atoms with E-state index in [1.807, 2.05) is 20.8 Å². The molecule has 2 N–H and O–H groups in total. The fourth-order valence-electron chi connectivity index (χ4n) is 3.70. The monoisotopic (exact) mass is 332 g/mol. The summed E-state index contributed by atoms with van der Waals surface area (Å²) in [6.07, 6.45) is 3.37. The van der Waals surface area contributed by atoms with Crippen LogP contribution in [0.1, 0.15) is 49.3 Å². The molecular weight excluding hydrogens is 300 g/mol. The van der Waals surface area contributed by atoms with Gasteiger partial charge in [-0.05, 0) is 83.6 Å². The van der Waals surface area contributed by atoms with Crippen molar-refractivity contribution >= 4 is 11.6 Å². The van der Waals surface area contributed by atoms with Crippen LogP contribution < -0.4 is 5.32 Å². The Labute approximate surface area is 146 Å². The Balaban J connectivity index is 1.73. The number of anilines is 1. The summed E-state index contributed by atoms with van der Waals surface area (Å²) in [7, 11) is 0. The average molecular weight is 332 g/mol. The van der Waals surface area contributed by atoms with E-state index >= 15 is 0 Å². The van der Waals surface area contributed by atoms with E-state index in [1.165, 1.54) is 5.56 Å². The second kappa shape index (κ2) is 8.63. The molecule has 1 aliphatic rings. The lowest BCUT2D eigenvalue weighted by molar-refractivity contribution is -0.116. The number of carbonyl (C=O) groups is 1. The molecule has 1 saturated heterocycles. The minimum Gasteiger partial charge on any atom is -0.393 e. The molecule has 134 valence electrons. The number of nitrogens with zero attached hydrogens (tertiary/aromatic N) is 1. The number of rotatable bonds is 6. The fraction of sp³-hybridized carbons (Fsp3) is 0.650. The first-order valence-electron chi connectivity index (χ1n) is 9.15. The smallest absolute Gasteiger partial charge is 0.224 e. The molecule has 4 heteroatoms. The molecule has 4 nitrogen and oxygen atoms in total. The fourth-order valence-corrected chi connectivity index (χ4v) is 3.70. The molecule has 0 aromatic heterocycles. The van der Waals surface area contributed by atoms with Crippen LogP contribution >= 0.6 is 0 Å². The summed E-state index contributed by atoms with van der Waals surface area (Å²) < 4.78 is 0. The highest BCUT2D eigenvalue weighted by atomic mass is 16.3. The van der Waals surface area contributed by atoms with Crippen LogP contribution in [0.2, 0.25) is 0 Å². The van der Waals surface area contributed by atoms with E-state index < -0.39 is 0 Å². The van der Waals surface area contributed by atoms with Gasteiger partial charge in [-0.25, -0.2) is 0 Å². The minimum atomic E-state index is -0.195. The van der Waals surface area contributed by atoms with Gasteiger partial charge in [-0.1, -0.05) is 17.7 Å². The first-order chi connectivity index (χ1) is 11.4. The topological polar surface area (TPSA) is 52.6 Å². The normalized spacial score (nSPS) is 17.7. The standard InChI is InChI=1S/C20H32N2O2/c1-14-12-15(2)20(16(3)13-14)21-19(24)6-5-9-22-10-7-18(8-11-22)17(4)23/h12-13,17-18,23H,5-11H2,1-4H3,(H,21,24). The zero-order valence-corrected chi connectivity index (χ0v) is 15.6. The number of likely N-dealkylation sites (tertiary alicyclic amines) is 1. The molecule has 0 aliphatic carbocycles. The highest BCUT2D eigenvalue weighted by Gasteiger charge is 2.22. The minimum absolute atomic E-state index is 0.101. The van der Waals surface area contributed by atoms with Crippen LogP contribution in [-0.4, -0.2) is 41.7 Å².